The summed E-state index contributed by atoms with van der Waals surface area (Å²) in [7, 11) is 0. The first-order chi connectivity index (χ1) is 7.33. The first-order valence-electron chi connectivity index (χ1n) is 5.50. The molecule has 0 spiro atoms. The van der Waals surface area contributed by atoms with Gasteiger partial charge in [-0.2, -0.15) is 0 Å². The van der Waals surface area contributed by atoms with Crippen molar-refractivity contribution in [3.63, 3.8) is 0 Å². The summed E-state index contributed by atoms with van der Waals surface area (Å²) in [5.74, 6) is 0.574. The zero-order valence-corrected chi connectivity index (χ0v) is 10.0. The van der Waals surface area contributed by atoms with Crippen molar-refractivity contribution >= 4 is 12.4 Å². The fourth-order valence-corrected chi connectivity index (χ4v) is 1.68. The Morgan fingerprint density at radius 3 is 2.25 bits per heavy atom. The van der Waals surface area contributed by atoms with Gasteiger partial charge in [0.05, 0.1) is 6.04 Å². The van der Waals surface area contributed by atoms with Gasteiger partial charge in [0.2, 0.25) is 5.91 Å². The molecule has 0 aromatic carbocycles. The van der Waals surface area contributed by atoms with Crippen LogP contribution >= 0.6 is 0 Å². The lowest BCUT2D eigenvalue weighted by Crippen LogP contribution is -2.38. The molecule has 1 heterocycles. The summed E-state index contributed by atoms with van der Waals surface area (Å²) in [5.41, 5.74) is 4.76. The maximum atomic E-state index is 10.5. The number of fused-ring (bicyclic) bond motifs is 1. The first-order valence-corrected chi connectivity index (χ1v) is 5.50. The molecule has 0 aromatic rings. The van der Waals surface area contributed by atoms with E-state index in [-0.39, 0.29) is 17.6 Å². The standard InChI is InChI=1S/C6H10N2O.C5H10O2/c7-6(9)5-2-3-1-4(3)8-5;1-5(2,3)7-4-6/h3-5,8H,1-2H2,(H2,7,9);4H,1-3H3/t3-,4-,5-;/m0./s1. The number of nitrogens with two attached hydrogens (primary N) is 1. The zero-order valence-electron chi connectivity index (χ0n) is 10.0. The molecule has 1 saturated carbocycles. The number of hydrogen-bond donors (Lipinski definition) is 2. The molecule has 1 aliphatic carbocycles. The Hall–Kier alpha value is -1.10. The van der Waals surface area contributed by atoms with E-state index < -0.39 is 0 Å². The van der Waals surface area contributed by atoms with E-state index in [9.17, 15) is 9.59 Å². The molecule has 0 aromatic heterocycles. The van der Waals surface area contributed by atoms with E-state index in [4.69, 9.17) is 5.73 Å². The maximum absolute atomic E-state index is 10.5. The third-order valence-electron chi connectivity index (χ3n) is 2.62. The molecular formula is C11H20N2O3. The van der Waals surface area contributed by atoms with Gasteiger partial charge in [-0.05, 0) is 39.5 Å². The number of amides is 1. The summed E-state index contributed by atoms with van der Waals surface area (Å²) in [4.78, 5) is 20.1. The summed E-state index contributed by atoms with van der Waals surface area (Å²) in [6.45, 7) is 5.92. The molecule has 5 heteroatoms. The van der Waals surface area contributed by atoms with Crippen molar-refractivity contribution in [1.82, 2.24) is 5.32 Å². The highest BCUT2D eigenvalue weighted by atomic mass is 16.5. The van der Waals surface area contributed by atoms with E-state index in [1.807, 2.05) is 20.8 Å². The van der Waals surface area contributed by atoms with Crippen molar-refractivity contribution in [2.45, 2.75) is 51.3 Å². The number of primary amides is 1. The molecule has 2 rings (SSSR count). The number of rotatable bonds is 2. The van der Waals surface area contributed by atoms with Crippen LogP contribution in [-0.2, 0) is 14.3 Å². The minimum absolute atomic E-state index is 0.0197. The lowest BCUT2D eigenvalue weighted by Gasteiger charge is -2.14. The number of carbonyl (C=O) groups is 2. The molecular weight excluding hydrogens is 208 g/mol. The van der Waals surface area contributed by atoms with Crippen LogP contribution in [0.4, 0.5) is 0 Å². The Kier molecular flexibility index (Phi) is 3.91. The van der Waals surface area contributed by atoms with Crippen molar-refractivity contribution in [2.75, 3.05) is 0 Å². The molecule has 1 saturated heterocycles. The summed E-state index contributed by atoms with van der Waals surface area (Å²) >= 11 is 0. The molecule has 3 atom stereocenters. The molecule has 0 unspecified atom stereocenters. The van der Waals surface area contributed by atoms with E-state index in [1.165, 1.54) is 6.42 Å². The molecule has 1 aliphatic heterocycles. The van der Waals surface area contributed by atoms with Gasteiger partial charge in [-0.3, -0.25) is 9.59 Å². The van der Waals surface area contributed by atoms with Gasteiger partial charge in [0.15, 0.2) is 0 Å². The Balaban J connectivity index is 0.000000168. The number of carbonyl (C=O) groups excluding carboxylic acids is 2. The number of hydrogen-bond acceptors (Lipinski definition) is 4. The monoisotopic (exact) mass is 228 g/mol. The van der Waals surface area contributed by atoms with Crippen molar-refractivity contribution in [3.8, 4) is 0 Å². The van der Waals surface area contributed by atoms with E-state index in [0.717, 1.165) is 12.3 Å². The first kappa shape index (κ1) is 13.0. The largest absolute Gasteiger partial charge is 0.462 e. The fourth-order valence-electron chi connectivity index (χ4n) is 1.68. The Morgan fingerprint density at radius 2 is 2.06 bits per heavy atom. The topological polar surface area (TPSA) is 81.4 Å². The second-order valence-corrected chi connectivity index (χ2v) is 5.29. The van der Waals surface area contributed by atoms with Gasteiger partial charge < -0.3 is 15.8 Å². The van der Waals surface area contributed by atoms with Gasteiger partial charge >= 0.3 is 0 Å². The molecule has 16 heavy (non-hydrogen) atoms. The molecule has 2 fully saturated rings. The van der Waals surface area contributed by atoms with Gasteiger partial charge in [0.1, 0.15) is 5.60 Å². The Morgan fingerprint density at radius 1 is 1.44 bits per heavy atom. The average molecular weight is 228 g/mol. The molecule has 3 N–H and O–H groups in total. The average Bonchev–Trinajstić information content (AvgIpc) is 2.72. The normalized spacial score (nSPS) is 30.8. The van der Waals surface area contributed by atoms with Crippen molar-refractivity contribution in [2.24, 2.45) is 11.7 Å². The van der Waals surface area contributed by atoms with Crippen LogP contribution in [0, 0.1) is 5.92 Å². The molecule has 0 radical (unpaired) electrons. The van der Waals surface area contributed by atoms with Crippen molar-refractivity contribution < 1.29 is 14.3 Å². The van der Waals surface area contributed by atoms with Gasteiger partial charge in [-0.15, -0.1) is 0 Å². The van der Waals surface area contributed by atoms with E-state index in [0.29, 0.717) is 12.5 Å². The lowest BCUT2D eigenvalue weighted by molar-refractivity contribution is -0.138. The summed E-state index contributed by atoms with van der Waals surface area (Å²) in [6.07, 6.45) is 2.23. The second kappa shape index (κ2) is 4.82. The van der Waals surface area contributed by atoms with Crippen LogP contribution in [0.3, 0.4) is 0 Å². The molecule has 5 nitrogen and oxygen atoms in total. The Labute approximate surface area is 95.7 Å². The van der Waals surface area contributed by atoms with Crippen LogP contribution in [0.15, 0.2) is 0 Å². The third-order valence-corrected chi connectivity index (χ3v) is 2.62. The van der Waals surface area contributed by atoms with Gasteiger partial charge in [-0.25, -0.2) is 0 Å². The number of ether oxygens (including phenoxy) is 1. The van der Waals surface area contributed by atoms with Crippen molar-refractivity contribution in [1.29, 1.82) is 0 Å². The highest BCUT2D eigenvalue weighted by Gasteiger charge is 2.47. The quantitative estimate of drug-likeness (QED) is 0.661. The zero-order chi connectivity index (χ0) is 12.3. The maximum Gasteiger partial charge on any atom is 0.293 e. The molecule has 2 aliphatic rings. The fraction of sp³-hybridized carbons (Fsp3) is 0.818. The SMILES string of the molecule is CC(C)(C)OC=O.NC(=O)[C@@H]1C[C@@H]2C[C@@H]2N1. The highest BCUT2D eigenvalue weighted by Crippen LogP contribution is 2.40. The predicted molar refractivity (Wildman–Crippen MR) is 59.5 cm³/mol. The lowest BCUT2D eigenvalue weighted by atomic mass is 10.2. The molecule has 92 valence electrons. The van der Waals surface area contributed by atoms with Crippen LogP contribution in [0.2, 0.25) is 0 Å². The molecule has 1 amide bonds. The van der Waals surface area contributed by atoms with E-state index >= 15 is 0 Å². The van der Waals surface area contributed by atoms with Crippen LogP contribution < -0.4 is 11.1 Å². The van der Waals surface area contributed by atoms with Crippen LogP contribution in [-0.4, -0.2) is 30.1 Å². The predicted octanol–water partition coefficient (Wildman–Crippen LogP) is 0.180. The van der Waals surface area contributed by atoms with Gasteiger partial charge in [0.25, 0.3) is 6.47 Å². The minimum Gasteiger partial charge on any atom is -0.462 e. The van der Waals surface area contributed by atoms with Crippen LogP contribution in [0.5, 0.6) is 0 Å². The third kappa shape index (κ3) is 4.18. The van der Waals surface area contributed by atoms with Crippen molar-refractivity contribution in [3.05, 3.63) is 0 Å². The minimum atomic E-state index is -0.318. The van der Waals surface area contributed by atoms with Crippen LogP contribution in [0.25, 0.3) is 0 Å². The number of nitrogens with one attached hydrogen (secondary N) is 1. The van der Waals surface area contributed by atoms with Gasteiger partial charge in [-0.1, -0.05) is 0 Å². The smallest absolute Gasteiger partial charge is 0.293 e. The number of piperidine rings is 1. The summed E-state index contributed by atoms with van der Waals surface area (Å²) < 4.78 is 4.55. The molecule has 0 bridgehead atoms. The summed E-state index contributed by atoms with van der Waals surface area (Å²) in [5, 5.41) is 3.15. The van der Waals surface area contributed by atoms with Gasteiger partial charge in [0, 0.05) is 6.04 Å². The highest BCUT2D eigenvalue weighted by molar-refractivity contribution is 5.80. The van der Waals surface area contributed by atoms with E-state index in [1.54, 1.807) is 0 Å². The summed E-state index contributed by atoms with van der Waals surface area (Å²) in [6, 6.07) is 0.608. The van der Waals surface area contributed by atoms with Crippen LogP contribution in [0.1, 0.15) is 33.6 Å². The Bertz CT molecular complexity index is 263. The van der Waals surface area contributed by atoms with E-state index in [2.05, 4.69) is 10.1 Å². The second-order valence-electron chi connectivity index (χ2n) is 5.29.